The van der Waals surface area contributed by atoms with Gasteiger partial charge in [0.15, 0.2) is 5.65 Å². The highest BCUT2D eigenvalue weighted by atomic mass is 16.3. The molecule has 7 nitrogen and oxygen atoms in total. The average Bonchev–Trinajstić information content (AvgIpc) is 2.86. The standard InChI is InChI=1S/C19H19N5O2/c1-8-5-6-13(25)10(3)15(8)24-17-12(7-9(2)11(4)21-17)14-16(20)22-19(26)23-18(14)24/h5-7,25H,1-4H3,(H3,20,22,23,26). The maximum Gasteiger partial charge on any atom is 0.348 e. The van der Waals surface area contributed by atoms with E-state index in [1.54, 1.807) is 6.07 Å². The summed E-state index contributed by atoms with van der Waals surface area (Å²) >= 11 is 0. The molecule has 0 fully saturated rings. The van der Waals surface area contributed by atoms with Crippen molar-refractivity contribution in [2.75, 3.05) is 5.73 Å². The molecular weight excluding hydrogens is 330 g/mol. The van der Waals surface area contributed by atoms with Crippen LogP contribution in [0.2, 0.25) is 0 Å². The van der Waals surface area contributed by atoms with Crippen molar-refractivity contribution in [3.8, 4) is 11.4 Å². The largest absolute Gasteiger partial charge is 0.508 e. The van der Waals surface area contributed by atoms with E-state index in [0.717, 1.165) is 27.9 Å². The van der Waals surface area contributed by atoms with Crippen LogP contribution in [0.4, 0.5) is 5.82 Å². The van der Waals surface area contributed by atoms with E-state index in [-0.39, 0.29) is 11.6 Å². The predicted molar refractivity (Wildman–Crippen MR) is 102 cm³/mol. The second kappa shape index (κ2) is 5.32. The lowest BCUT2D eigenvalue weighted by atomic mass is 10.1. The Hall–Kier alpha value is -3.35. The molecule has 0 aliphatic rings. The molecule has 4 aromatic rings. The van der Waals surface area contributed by atoms with Crippen molar-refractivity contribution in [3.63, 3.8) is 0 Å². The van der Waals surface area contributed by atoms with Crippen LogP contribution in [0.1, 0.15) is 22.4 Å². The van der Waals surface area contributed by atoms with Gasteiger partial charge in [-0.25, -0.2) is 9.78 Å². The van der Waals surface area contributed by atoms with Gasteiger partial charge >= 0.3 is 5.69 Å². The lowest BCUT2D eigenvalue weighted by Gasteiger charge is -2.14. The maximum atomic E-state index is 12.0. The minimum atomic E-state index is -0.525. The number of fused-ring (bicyclic) bond motifs is 3. The number of aromatic nitrogens is 4. The molecule has 132 valence electrons. The molecule has 3 heterocycles. The number of pyridine rings is 1. The third-order valence-corrected chi connectivity index (χ3v) is 4.91. The van der Waals surface area contributed by atoms with Gasteiger partial charge in [0.2, 0.25) is 0 Å². The summed E-state index contributed by atoms with van der Waals surface area (Å²) in [7, 11) is 0. The Bertz CT molecular complexity index is 1270. The Morgan fingerprint density at radius 3 is 2.54 bits per heavy atom. The van der Waals surface area contributed by atoms with Crippen molar-refractivity contribution in [2.45, 2.75) is 27.7 Å². The molecular formula is C19H19N5O2. The van der Waals surface area contributed by atoms with Gasteiger partial charge in [-0.15, -0.1) is 0 Å². The zero-order valence-electron chi connectivity index (χ0n) is 15.0. The third-order valence-electron chi connectivity index (χ3n) is 4.91. The van der Waals surface area contributed by atoms with E-state index in [1.807, 2.05) is 44.4 Å². The number of nitrogens with zero attached hydrogens (tertiary/aromatic N) is 3. The summed E-state index contributed by atoms with van der Waals surface area (Å²) in [6, 6.07) is 5.48. The number of phenolic OH excluding ortho intramolecular Hbond substituents is 1. The molecule has 4 N–H and O–H groups in total. The summed E-state index contributed by atoms with van der Waals surface area (Å²) in [5, 5.41) is 11.7. The Labute approximate surface area is 149 Å². The van der Waals surface area contributed by atoms with Crippen LogP contribution >= 0.6 is 0 Å². The number of hydrogen-bond donors (Lipinski definition) is 3. The summed E-state index contributed by atoms with van der Waals surface area (Å²) in [5.74, 6) is 0.423. The second-order valence-electron chi connectivity index (χ2n) is 6.63. The molecule has 0 bridgehead atoms. The number of nitrogen functional groups attached to an aromatic ring is 1. The van der Waals surface area contributed by atoms with Crippen molar-refractivity contribution in [2.24, 2.45) is 0 Å². The third kappa shape index (κ3) is 2.10. The van der Waals surface area contributed by atoms with Crippen LogP contribution < -0.4 is 11.4 Å². The van der Waals surface area contributed by atoms with E-state index >= 15 is 0 Å². The predicted octanol–water partition coefficient (Wildman–Crippen LogP) is 2.78. The van der Waals surface area contributed by atoms with Crippen LogP contribution in [0.3, 0.4) is 0 Å². The van der Waals surface area contributed by atoms with Crippen LogP contribution in [-0.4, -0.2) is 24.6 Å². The normalized spacial score (nSPS) is 11.5. The molecule has 0 saturated carbocycles. The number of aryl methyl sites for hydroxylation is 3. The highest BCUT2D eigenvalue weighted by Gasteiger charge is 2.21. The van der Waals surface area contributed by atoms with Gasteiger partial charge in [-0.05, 0) is 51.0 Å². The van der Waals surface area contributed by atoms with Crippen molar-refractivity contribution < 1.29 is 5.11 Å². The highest BCUT2D eigenvalue weighted by Crippen LogP contribution is 2.36. The van der Waals surface area contributed by atoms with Crippen LogP contribution in [0.25, 0.3) is 27.8 Å². The van der Waals surface area contributed by atoms with Gasteiger partial charge in [-0.3, -0.25) is 9.55 Å². The van der Waals surface area contributed by atoms with Gasteiger partial charge < -0.3 is 10.8 Å². The molecule has 7 heteroatoms. The van der Waals surface area contributed by atoms with E-state index in [2.05, 4.69) is 9.97 Å². The molecule has 26 heavy (non-hydrogen) atoms. The summed E-state index contributed by atoms with van der Waals surface area (Å²) in [6.07, 6.45) is 0. The van der Waals surface area contributed by atoms with Crippen molar-refractivity contribution in [3.05, 3.63) is 51.1 Å². The Morgan fingerprint density at radius 1 is 1.08 bits per heavy atom. The van der Waals surface area contributed by atoms with E-state index in [0.29, 0.717) is 22.2 Å². The number of aromatic amines is 1. The van der Waals surface area contributed by atoms with E-state index in [4.69, 9.17) is 10.7 Å². The van der Waals surface area contributed by atoms with Gasteiger partial charge in [0.25, 0.3) is 0 Å². The van der Waals surface area contributed by atoms with Crippen molar-refractivity contribution in [1.29, 1.82) is 0 Å². The van der Waals surface area contributed by atoms with Crippen LogP contribution in [0.15, 0.2) is 23.0 Å². The molecule has 0 unspecified atom stereocenters. The van der Waals surface area contributed by atoms with Crippen LogP contribution in [-0.2, 0) is 0 Å². The van der Waals surface area contributed by atoms with Crippen molar-refractivity contribution in [1.82, 2.24) is 19.5 Å². The highest BCUT2D eigenvalue weighted by molar-refractivity contribution is 6.11. The molecule has 0 radical (unpaired) electrons. The minimum absolute atomic E-state index is 0.169. The first kappa shape index (κ1) is 16.1. The number of nitrogens with two attached hydrogens (primary N) is 1. The number of benzene rings is 1. The molecule has 4 rings (SSSR count). The quantitative estimate of drug-likeness (QED) is 0.489. The molecule has 0 spiro atoms. The molecule has 0 aliphatic heterocycles. The van der Waals surface area contributed by atoms with Gasteiger partial charge in [-0.1, -0.05) is 6.07 Å². The fourth-order valence-corrected chi connectivity index (χ4v) is 3.43. The number of aromatic hydroxyl groups is 1. The number of anilines is 1. The zero-order chi connectivity index (χ0) is 18.7. The molecule has 0 aliphatic carbocycles. The number of phenols is 1. The molecule has 0 atom stereocenters. The Balaban J connectivity index is 2.34. The lowest BCUT2D eigenvalue weighted by Crippen LogP contribution is -2.14. The Morgan fingerprint density at radius 2 is 1.81 bits per heavy atom. The number of nitrogens with one attached hydrogen (secondary N) is 1. The SMILES string of the molecule is Cc1cc2c3c(N)[nH]c(=O)nc3n(-c3c(C)ccc(O)c3C)c2nc1C. The van der Waals surface area contributed by atoms with Gasteiger partial charge in [0.1, 0.15) is 17.2 Å². The smallest absolute Gasteiger partial charge is 0.348 e. The van der Waals surface area contributed by atoms with E-state index in [1.165, 1.54) is 0 Å². The Kier molecular flexibility index (Phi) is 3.30. The average molecular weight is 349 g/mol. The zero-order valence-corrected chi connectivity index (χ0v) is 15.0. The monoisotopic (exact) mass is 349 g/mol. The van der Waals surface area contributed by atoms with Crippen LogP contribution in [0, 0.1) is 27.7 Å². The van der Waals surface area contributed by atoms with Gasteiger partial charge in [0.05, 0.1) is 11.1 Å². The first-order valence-electron chi connectivity index (χ1n) is 8.27. The van der Waals surface area contributed by atoms with E-state index in [9.17, 15) is 9.90 Å². The minimum Gasteiger partial charge on any atom is -0.508 e. The number of hydrogen-bond acceptors (Lipinski definition) is 5. The number of H-pyrrole nitrogens is 1. The number of rotatable bonds is 1. The maximum absolute atomic E-state index is 12.0. The van der Waals surface area contributed by atoms with Gasteiger partial charge in [0, 0.05) is 16.6 Å². The fourth-order valence-electron chi connectivity index (χ4n) is 3.43. The molecule has 0 saturated heterocycles. The molecule has 1 aromatic carbocycles. The summed E-state index contributed by atoms with van der Waals surface area (Å²) < 4.78 is 1.81. The molecule has 0 amide bonds. The van der Waals surface area contributed by atoms with Crippen LogP contribution in [0.5, 0.6) is 5.75 Å². The first-order chi connectivity index (χ1) is 12.3. The summed E-state index contributed by atoms with van der Waals surface area (Å²) in [6.45, 7) is 7.68. The summed E-state index contributed by atoms with van der Waals surface area (Å²) in [4.78, 5) is 23.5. The fraction of sp³-hybridized carbons (Fsp3) is 0.211. The topological polar surface area (TPSA) is 110 Å². The second-order valence-corrected chi connectivity index (χ2v) is 6.63. The first-order valence-corrected chi connectivity index (χ1v) is 8.27. The van der Waals surface area contributed by atoms with E-state index < -0.39 is 5.69 Å². The molecule has 3 aromatic heterocycles. The lowest BCUT2D eigenvalue weighted by molar-refractivity contribution is 0.470. The van der Waals surface area contributed by atoms with Gasteiger partial charge in [-0.2, -0.15) is 4.98 Å². The summed E-state index contributed by atoms with van der Waals surface area (Å²) in [5.41, 5.74) is 10.9. The van der Waals surface area contributed by atoms with Crippen molar-refractivity contribution >= 4 is 27.9 Å².